The van der Waals surface area contributed by atoms with E-state index in [2.05, 4.69) is 6.92 Å². The highest BCUT2D eigenvalue weighted by atomic mass is 31.2. The summed E-state index contributed by atoms with van der Waals surface area (Å²) in [5.74, 6) is 0. The van der Waals surface area contributed by atoms with Crippen LogP contribution in [0, 0.1) is 0 Å². The number of nitrogens with zero attached hydrogens (tertiary/aromatic N) is 1. The van der Waals surface area contributed by atoms with Crippen molar-refractivity contribution in [3.8, 4) is 0 Å². The fraction of sp³-hybridized carbons (Fsp3) is 0.457. The first-order valence-electron chi connectivity index (χ1n) is 15.6. The number of carbonyl (C=O) groups is 1. The summed E-state index contributed by atoms with van der Waals surface area (Å²) in [7, 11) is -3.96. The Morgan fingerprint density at radius 3 is 1.89 bits per heavy atom. The quantitative estimate of drug-likeness (QED) is 0.129. The number of hydrogen-bond donors (Lipinski definition) is 1. The zero-order valence-electron chi connectivity index (χ0n) is 25.8. The third-order valence-electron chi connectivity index (χ3n) is 7.79. The van der Waals surface area contributed by atoms with Crippen LogP contribution in [0.25, 0.3) is 0 Å². The fourth-order valence-electron chi connectivity index (χ4n) is 5.58. The molecule has 5 atom stereocenters. The molecule has 1 unspecified atom stereocenters. The van der Waals surface area contributed by atoms with E-state index in [9.17, 15) is 14.3 Å². The van der Waals surface area contributed by atoms with Gasteiger partial charge in [-0.05, 0) is 29.5 Å². The van der Waals surface area contributed by atoms with Gasteiger partial charge in [0, 0.05) is 19.6 Å². The van der Waals surface area contributed by atoms with Crippen LogP contribution in [0.4, 0.5) is 4.79 Å². The first-order chi connectivity index (χ1) is 21.3. The van der Waals surface area contributed by atoms with Crippen LogP contribution in [0.5, 0.6) is 0 Å². The van der Waals surface area contributed by atoms with Gasteiger partial charge >= 0.3 is 13.7 Å². The highest BCUT2D eigenvalue weighted by Crippen LogP contribution is 2.44. The van der Waals surface area contributed by atoms with Gasteiger partial charge in [-0.1, -0.05) is 117 Å². The molecular weight excluding hydrogens is 577 g/mol. The molecule has 1 fully saturated rings. The molecule has 1 N–H and O–H groups in total. The molecule has 0 bridgehead atoms. The van der Waals surface area contributed by atoms with E-state index in [0.29, 0.717) is 26.0 Å². The smallest absolute Gasteiger partial charge is 0.410 e. The zero-order chi connectivity index (χ0) is 31.2. The van der Waals surface area contributed by atoms with E-state index >= 15 is 0 Å². The predicted molar refractivity (Wildman–Crippen MR) is 171 cm³/mol. The van der Waals surface area contributed by atoms with E-state index in [1.807, 2.05) is 91.0 Å². The van der Waals surface area contributed by atoms with Crippen LogP contribution < -0.4 is 0 Å². The van der Waals surface area contributed by atoms with Gasteiger partial charge in [0.2, 0.25) is 0 Å². The minimum atomic E-state index is -3.96. The maximum absolute atomic E-state index is 13.8. The number of ether oxygens (including phenoxy) is 3. The zero-order valence-corrected chi connectivity index (χ0v) is 26.7. The Hall–Kier alpha value is -3.00. The number of hydrogen-bond acceptors (Lipinski definition) is 6. The maximum atomic E-state index is 13.8. The highest BCUT2D eigenvalue weighted by Gasteiger charge is 2.46. The number of rotatable bonds is 16. The Morgan fingerprint density at radius 2 is 1.34 bits per heavy atom. The van der Waals surface area contributed by atoms with E-state index < -0.39 is 31.9 Å². The predicted octanol–water partition coefficient (Wildman–Crippen LogP) is 7.74. The lowest BCUT2D eigenvalue weighted by atomic mass is 9.86. The number of carbonyl (C=O) groups excluding carboxylic acids is 1. The lowest BCUT2D eigenvalue weighted by Gasteiger charge is -2.45. The molecule has 1 aliphatic rings. The summed E-state index contributed by atoms with van der Waals surface area (Å²) < 4.78 is 37.3. The molecule has 0 aliphatic heterocycles. The minimum Gasteiger partial charge on any atom is -0.445 e. The van der Waals surface area contributed by atoms with Crippen molar-refractivity contribution in [3.63, 3.8) is 0 Å². The van der Waals surface area contributed by atoms with Crippen LogP contribution in [0.15, 0.2) is 91.0 Å². The molecule has 44 heavy (non-hydrogen) atoms. The first kappa shape index (κ1) is 33.9. The van der Waals surface area contributed by atoms with Crippen LogP contribution in [0.2, 0.25) is 0 Å². The minimum absolute atomic E-state index is 0.123. The molecule has 0 radical (unpaired) electrons. The summed E-state index contributed by atoms with van der Waals surface area (Å²) in [4.78, 5) is 25.9. The summed E-state index contributed by atoms with van der Waals surface area (Å²) >= 11 is 0. The van der Waals surface area contributed by atoms with Gasteiger partial charge in [0.25, 0.3) is 0 Å². The monoisotopic (exact) mass is 623 g/mol. The number of amides is 1. The summed E-state index contributed by atoms with van der Waals surface area (Å²) in [5, 5.41) is 0. The van der Waals surface area contributed by atoms with Crippen molar-refractivity contribution >= 4 is 13.7 Å². The van der Waals surface area contributed by atoms with E-state index in [-0.39, 0.29) is 19.3 Å². The molecule has 3 aromatic rings. The van der Waals surface area contributed by atoms with Gasteiger partial charge in [0.15, 0.2) is 0 Å². The third-order valence-corrected chi connectivity index (χ3v) is 8.43. The van der Waals surface area contributed by atoms with Crippen LogP contribution >= 0.6 is 7.60 Å². The van der Waals surface area contributed by atoms with Crippen LogP contribution in [-0.2, 0) is 43.1 Å². The maximum Gasteiger partial charge on any atom is 0.410 e. The molecule has 1 aliphatic carbocycles. The molecule has 9 heteroatoms. The largest absolute Gasteiger partial charge is 0.445 e. The SMILES string of the molecule is CCCCCCN(C(=O)OCc1ccccc1)[C@@H]1C[C@H](OCc2ccccc2)C[C@@H](OCc2ccccc2)[C@H]1OP(C)(=O)O. The topological polar surface area (TPSA) is 94.5 Å². The van der Waals surface area contributed by atoms with E-state index in [1.165, 1.54) is 6.66 Å². The molecule has 0 aromatic heterocycles. The summed E-state index contributed by atoms with van der Waals surface area (Å²) in [5.41, 5.74) is 2.89. The highest BCUT2D eigenvalue weighted by molar-refractivity contribution is 7.51. The van der Waals surface area contributed by atoms with Crippen LogP contribution in [-0.4, -0.2) is 53.4 Å². The van der Waals surface area contributed by atoms with Gasteiger partial charge in [-0.25, -0.2) is 4.79 Å². The molecule has 8 nitrogen and oxygen atoms in total. The Balaban J connectivity index is 1.61. The second kappa shape index (κ2) is 17.5. The lowest BCUT2D eigenvalue weighted by molar-refractivity contribution is -0.133. The van der Waals surface area contributed by atoms with Gasteiger partial charge in [-0.15, -0.1) is 0 Å². The van der Waals surface area contributed by atoms with Crippen molar-refractivity contribution in [2.75, 3.05) is 13.2 Å². The van der Waals surface area contributed by atoms with Gasteiger partial charge < -0.3 is 28.5 Å². The lowest BCUT2D eigenvalue weighted by Crippen LogP contribution is -2.58. The third kappa shape index (κ3) is 11.2. The molecule has 0 heterocycles. The standard InChI is InChI=1S/C35H46NO7P/c1-3-4-5-15-22-36(35(37)42-27-30-20-13-8-14-21-30)32-23-31(40-25-28-16-9-6-10-17-28)24-33(34(32)43-44(2,38)39)41-26-29-18-11-7-12-19-29/h6-14,16-21,31-34H,3-5,15,22-27H2,1-2H3,(H,38,39)/t31-,32+,33+,34-/m0/s1. The van der Waals surface area contributed by atoms with Crippen molar-refractivity contribution in [1.29, 1.82) is 0 Å². The van der Waals surface area contributed by atoms with Crippen LogP contribution in [0.3, 0.4) is 0 Å². The Morgan fingerprint density at radius 1 is 0.795 bits per heavy atom. The second-order valence-electron chi connectivity index (χ2n) is 11.5. The van der Waals surface area contributed by atoms with Crippen molar-refractivity contribution in [2.45, 2.75) is 89.6 Å². The van der Waals surface area contributed by atoms with Gasteiger partial charge in [-0.2, -0.15) is 0 Å². The Labute approximate surface area is 261 Å². The fourth-order valence-corrected chi connectivity index (χ4v) is 6.31. The normalized spacial score (nSPS) is 21.3. The Kier molecular flexibility index (Phi) is 13.5. The molecule has 1 saturated carbocycles. The van der Waals surface area contributed by atoms with Crippen molar-refractivity contribution in [1.82, 2.24) is 4.90 Å². The molecule has 238 valence electrons. The molecule has 0 spiro atoms. The van der Waals surface area contributed by atoms with Crippen molar-refractivity contribution in [3.05, 3.63) is 108 Å². The van der Waals surface area contributed by atoms with Gasteiger partial charge in [0.1, 0.15) is 12.7 Å². The molecule has 3 aromatic carbocycles. The van der Waals surface area contributed by atoms with Crippen molar-refractivity contribution < 1.29 is 33.0 Å². The average molecular weight is 624 g/mol. The summed E-state index contributed by atoms with van der Waals surface area (Å²) in [6.45, 7) is 4.55. The molecule has 0 saturated heterocycles. The average Bonchev–Trinajstić information content (AvgIpc) is 3.03. The van der Waals surface area contributed by atoms with Gasteiger partial charge in [-0.3, -0.25) is 4.57 Å². The Bertz CT molecular complexity index is 1290. The van der Waals surface area contributed by atoms with Gasteiger partial charge in [0.05, 0.1) is 31.5 Å². The molecule has 4 rings (SSSR count). The van der Waals surface area contributed by atoms with Crippen LogP contribution in [0.1, 0.15) is 62.1 Å². The van der Waals surface area contributed by atoms with E-state index in [0.717, 1.165) is 42.4 Å². The molecular formula is C35H46NO7P. The first-order valence-corrected chi connectivity index (χ1v) is 17.6. The second-order valence-corrected chi connectivity index (χ2v) is 13.3. The molecule has 1 amide bonds. The number of unbranched alkanes of at least 4 members (excludes halogenated alkanes) is 3. The van der Waals surface area contributed by atoms with E-state index in [4.69, 9.17) is 18.7 Å². The summed E-state index contributed by atoms with van der Waals surface area (Å²) in [6, 6.07) is 28.6. The van der Waals surface area contributed by atoms with E-state index in [1.54, 1.807) is 4.90 Å². The summed E-state index contributed by atoms with van der Waals surface area (Å²) in [6.07, 6.45) is 2.46. The van der Waals surface area contributed by atoms with Crippen molar-refractivity contribution in [2.24, 2.45) is 0 Å². The number of benzene rings is 3.